The number of allylic oxidation sites excluding steroid dienone is 1. The van der Waals surface area contributed by atoms with Gasteiger partial charge in [0.15, 0.2) is 23.0 Å². The molecule has 0 saturated carbocycles. The lowest BCUT2D eigenvalue weighted by Gasteiger charge is -2.30. The molecule has 8 heteroatoms. The van der Waals surface area contributed by atoms with Gasteiger partial charge in [0.25, 0.3) is 5.91 Å². The molecule has 2 heterocycles. The highest BCUT2D eigenvalue weighted by Gasteiger charge is 2.43. The Labute approximate surface area is 236 Å². The van der Waals surface area contributed by atoms with Crippen molar-refractivity contribution in [1.82, 2.24) is 9.80 Å². The second-order valence-corrected chi connectivity index (χ2v) is 10.5. The van der Waals surface area contributed by atoms with E-state index in [-0.39, 0.29) is 5.57 Å². The molecule has 8 nitrogen and oxygen atoms in total. The number of ketones is 1. The zero-order valence-electron chi connectivity index (χ0n) is 23.7. The zero-order valence-corrected chi connectivity index (χ0v) is 23.7. The minimum Gasteiger partial charge on any atom is -0.503 e. The summed E-state index contributed by atoms with van der Waals surface area (Å²) in [6.45, 7) is 9.11. The molecule has 2 aromatic rings. The summed E-state index contributed by atoms with van der Waals surface area (Å²) in [5.41, 5.74) is 1.59. The molecule has 4 rings (SSSR count). The lowest BCUT2D eigenvalue weighted by atomic mass is 9.95. The Hall–Kier alpha value is -3.62. The van der Waals surface area contributed by atoms with Gasteiger partial charge in [0.2, 0.25) is 0 Å². The zero-order chi connectivity index (χ0) is 28.5. The van der Waals surface area contributed by atoms with Crippen LogP contribution < -0.4 is 9.47 Å². The molecule has 2 aliphatic heterocycles. The van der Waals surface area contributed by atoms with Crippen molar-refractivity contribution < 1.29 is 28.9 Å². The van der Waals surface area contributed by atoms with E-state index in [9.17, 15) is 14.7 Å². The SMILES string of the molecule is COc1cc(C2C(C(=O)C=Cc3ccccc3)=C(O)C(=O)N2CCCN2CCOCC2)ccc1OCCC(C)C. The van der Waals surface area contributed by atoms with Gasteiger partial charge in [-0.25, -0.2) is 0 Å². The Kier molecular flexibility index (Phi) is 10.4. The van der Waals surface area contributed by atoms with Crippen LogP contribution in [0.4, 0.5) is 0 Å². The number of methoxy groups -OCH3 is 1. The lowest BCUT2D eigenvalue weighted by molar-refractivity contribution is -0.129. The highest BCUT2D eigenvalue weighted by molar-refractivity contribution is 6.14. The summed E-state index contributed by atoms with van der Waals surface area (Å²) >= 11 is 0. The highest BCUT2D eigenvalue weighted by atomic mass is 16.5. The minimum absolute atomic E-state index is 0.0686. The Morgan fingerprint density at radius 1 is 1.10 bits per heavy atom. The molecular formula is C32H40N2O6. The second kappa shape index (κ2) is 14.1. The second-order valence-electron chi connectivity index (χ2n) is 10.5. The summed E-state index contributed by atoms with van der Waals surface area (Å²) in [6, 6.07) is 14.1. The van der Waals surface area contributed by atoms with Crippen LogP contribution >= 0.6 is 0 Å². The molecule has 214 valence electrons. The van der Waals surface area contributed by atoms with Gasteiger partial charge >= 0.3 is 0 Å². The number of amides is 1. The summed E-state index contributed by atoms with van der Waals surface area (Å²) < 4.78 is 17.0. The molecule has 2 aromatic carbocycles. The molecule has 1 N–H and O–H groups in total. The van der Waals surface area contributed by atoms with Gasteiger partial charge in [-0.3, -0.25) is 14.5 Å². The molecule has 0 aliphatic carbocycles. The first kappa shape index (κ1) is 29.4. The van der Waals surface area contributed by atoms with Gasteiger partial charge in [0, 0.05) is 26.2 Å². The minimum atomic E-state index is -0.747. The summed E-state index contributed by atoms with van der Waals surface area (Å²) in [4.78, 5) is 30.7. The fourth-order valence-corrected chi connectivity index (χ4v) is 4.98. The normalized spacial score (nSPS) is 18.2. The number of carbonyl (C=O) groups is 2. The van der Waals surface area contributed by atoms with Gasteiger partial charge in [-0.05, 0) is 48.1 Å². The molecular weight excluding hydrogens is 508 g/mol. The highest BCUT2D eigenvalue weighted by Crippen LogP contribution is 2.41. The number of benzene rings is 2. The van der Waals surface area contributed by atoms with Crippen LogP contribution in [0.5, 0.6) is 11.5 Å². The number of aliphatic hydroxyl groups is 1. The predicted molar refractivity (Wildman–Crippen MR) is 154 cm³/mol. The third-order valence-electron chi connectivity index (χ3n) is 7.23. The Bertz CT molecular complexity index is 1220. The molecule has 0 aromatic heterocycles. The molecule has 2 aliphatic rings. The molecule has 1 atom stereocenters. The number of nitrogens with zero attached hydrogens (tertiary/aromatic N) is 2. The van der Waals surface area contributed by atoms with Crippen LogP contribution in [0.15, 0.2) is 65.9 Å². The number of hydrogen-bond donors (Lipinski definition) is 1. The smallest absolute Gasteiger partial charge is 0.290 e. The first-order valence-corrected chi connectivity index (χ1v) is 14.0. The number of morpholine rings is 1. The van der Waals surface area contributed by atoms with Gasteiger partial charge in [-0.15, -0.1) is 0 Å². The van der Waals surface area contributed by atoms with Crippen LogP contribution in [-0.4, -0.2) is 79.7 Å². The largest absolute Gasteiger partial charge is 0.503 e. The van der Waals surface area contributed by atoms with E-state index >= 15 is 0 Å². The van der Waals surface area contributed by atoms with Gasteiger partial charge in [0.1, 0.15) is 0 Å². The van der Waals surface area contributed by atoms with E-state index in [0.29, 0.717) is 55.8 Å². The summed E-state index contributed by atoms with van der Waals surface area (Å²) in [5.74, 6) is 0.160. The van der Waals surface area contributed by atoms with Crippen LogP contribution in [0.2, 0.25) is 0 Å². The van der Waals surface area contributed by atoms with Crippen LogP contribution in [0, 0.1) is 5.92 Å². The van der Waals surface area contributed by atoms with Gasteiger partial charge in [-0.2, -0.15) is 0 Å². The quantitative estimate of drug-likeness (QED) is 0.359. The topological polar surface area (TPSA) is 88.5 Å². The Morgan fingerprint density at radius 3 is 2.55 bits per heavy atom. The van der Waals surface area contributed by atoms with E-state index in [0.717, 1.165) is 31.6 Å². The maximum absolute atomic E-state index is 13.5. The first-order chi connectivity index (χ1) is 19.4. The average Bonchev–Trinajstić information content (AvgIpc) is 3.22. The van der Waals surface area contributed by atoms with Gasteiger partial charge < -0.3 is 24.2 Å². The van der Waals surface area contributed by atoms with Crippen LogP contribution in [0.1, 0.15) is 43.9 Å². The fraction of sp³-hybridized carbons (Fsp3) is 0.438. The van der Waals surface area contributed by atoms with Crippen molar-refractivity contribution in [3.8, 4) is 11.5 Å². The van der Waals surface area contributed by atoms with Crippen LogP contribution in [0.25, 0.3) is 6.08 Å². The molecule has 0 bridgehead atoms. The molecule has 0 spiro atoms. The molecule has 40 heavy (non-hydrogen) atoms. The predicted octanol–water partition coefficient (Wildman–Crippen LogP) is 4.82. The Morgan fingerprint density at radius 2 is 1.85 bits per heavy atom. The summed E-state index contributed by atoms with van der Waals surface area (Å²) in [5, 5.41) is 11.0. The average molecular weight is 549 g/mol. The maximum Gasteiger partial charge on any atom is 0.290 e. The summed E-state index contributed by atoms with van der Waals surface area (Å²) in [6.07, 6.45) is 4.71. The van der Waals surface area contributed by atoms with Crippen LogP contribution in [-0.2, 0) is 14.3 Å². The number of ether oxygens (including phenoxy) is 3. The number of rotatable bonds is 13. The monoisotopic (exact) mass is 548 g/mol. The van der Waals surface area contributed by atoms with Gasteiger partial charge in [-0.1, -0.05) is 56.3 Å². The van der Waals surface area contributed by atoms with Crippen molar-refractivity contribution in [3.05, 3.63) is 77.1 Å². The van der Waals surface area contributed by atoms with Crippen molar-refractivity contribution in [2.75, 3.05) is 53.1 Å². The molecule has 1 unspecified atom stereocenters. The lowest BCUT2D eigenvalue weighted by Crippen LogP contribution is -2.39. The van der Waals surface area contributed by atoms with Crippen LogP contribution in [0.3, 0.4) is 0 Å². The van der Waals surface area contributed by atoms with E-state index < -0.39 is 23.5 Å². The fourth-order valence-electron chi connectivity index (χ4n) is 4.98. The van der Waals surface area contributed by atoms with Crippen molar-refractivity contribution in [2.45, 2.75) is 32.7 Å². The molecule has 1 fully saturated rings. The standard InChI is InChI=1S/C32H40N2O6/c1-23(2)14-19-40-27-13-11-25(22-28(27)38-3)30-29(26(35)12-10-24-8-5-4-6-9-24)31(36)32(37)34(30)16-7-15-33-17-20-39-21-18-33/h4-6,8-13,22-23,30,36H,7,14-21H2,1-3H3. The van der Waals surface area contributed by atoms with E-state index in [4.69, 9.17) is 14.2 Å². The summed E-state index contributed by atoms with van der Waals surface area (Å²) in [7, 11) is 1.57. The molecule has 0 radical (unpaired) electrons. The number of aliphatic hydroxyl groups excluding tert-OH is 1. The van der Waals surface area contributed by atoms with E-state index in [2.05, 4.69) is 18.7 Å². The van der Waals surface area contributed by atoms with E-state index in [1.165, 1.54) is 6.08 Å². The van der Waals surface area contributed by atoms with Gasteiger partial charge in [0.05, 0.1) is 38.5 Å². The number of carbonyl (C=O) groups excluding carboxylic acids is 2. The van der Waals surface area contributed by atoms with E-state index in [1.807, 2.05) is 42.5 Å². The van der Waals surface area contributed by atoms with Crippen molar-refractivity contribution in [3.63, 3.8) is 0 Å². The van der Waals surface area contributed by atoms with Crippen molar-refractivity contribution >= 4 is 17.8 Å². The Balaban J connectivity index is 1.61. The third kappa shape index (κ3) is 7.31. The first-order valence-electron chi connectivity index (χ1n) is 14.0. The third-order valence-corrected chi connectivity index (χ3v) is 7.23. The van der Waals surface area contributed by atoms with Crippen molar-refractivity contribution in [2.24, 2.45) is 5.92 Å². The van der Waals surface area contributed by atoms with Crippen molar-refractivity contribution in [1.29, 1.82) is 0 Å². The maximum atomic E-state index is 13.5. The number of hydrogen-bond acceptors (Lipinski definition) is 7. The van der Waals surface area contributed by atoms with E-state index in [1.54, 1.807) is 24.2 Å². The molecule has 1 amide bonds. The molecule has 1 saturated heterocycles.